The van der Waals surface area contributed by atoms with Crippen molar-refractivity contribution in [3.05, 3.63) is 70.0 Å². The smallest absolute Gasteiger partial charge is 0.200 e. The molecule has 0 saturated carbocycles. The number of aliphatic hydroxyl groups is 2. The number of benzene rings is 1. The number of aliphatic hydroxyl groups excluding tert-OH is 2. The van der Waals surface area contributed by atoms with Crippen LogP contribution < -0.4 is 10.2 Å². The molecular weight excluding hydrogens is 312 g/mol. The zero-order valence-corrected chi connectivity index (χ0v) is 13.6. The standard InChI is InChI=1S/C18H18O6/c1-10-16(18(21)17(20)11(2)22-3)14(19)9-15(24-10)12-5-7-13(23-4)8-6-12/h5-9,20-21H,2H2,1,3-4H3/b18-17-. The van der Waals surface area contributed by atoms with E-state index in [9.17, 15) is 15.0 Å². The van der Waals surface area contributed by atoms with E-state index in [2.05, 4.69) is 6.58 Å². The first-order chi connectivity index (χ1) is 11.4. The Morgan fingerprint density at radius 2 is 1.79 bits per heavy atom. The predicted molar refractivity (Wildman–Crippen MR) is 90.0 cm³/mol. The molecule has 0 fully saturated rings. The zero-order valence-electron chi connectivity index (χ0n) is 13.6. The average molecular weight is 330 g/mol. The number of ether oxygens (including phenoxy) is 2. The van der Waals surface area contributed by atoms with E-state index >= 15 is 0 Å². The van der Waals surface area contributed by atoms with Gasteiger partial charge < -0.3 is 24.1 Å². The molecule has 1 heterocycles. The van der Waals surface area contributed by atoms with Crippen molar-refractivity contribution in [3.63, 3.8) is 0 Å². The minimum atomic E-state index is -0.644. The van der Waals surface area contributed by atoms with Crippen LogP contribution in [0.5, 0.6) is 5.75 Å². The summed E-state index contributed by atoms with van der Waals surface area (Å²) in [5, 5.41) is 19.9. The van der Waals surface area contributed by atoms with Crippen LogP contribution >= 0.6 is 0 Å². The lowest BCUT2D eigenvalue weighted by molar-refractivity contribution is 0.252. The molecule has 0 aliphatic heterocycles. The number of hydrogen-bond donors (Lipinski definition) is 2. The van der Waals surface area contributed by atoms with Gasteiger partial charge >= 0.3 is 0 Å². The Hall–Kier alpha value is -3.15. The van der Waals surface area contributed by atoms with Crippen molar-refractivity contribution in [2.45, 2.75) is 6.92 Å². The minimum Gasteiger partial charge on any atom is -0.504 e. The van der Waals surface area contributed by atoms with Gasteiger partial charge in [0.25, 0.3) is 0 Å². The van der Waals surface area contributed by atoms with E-state index in [1.54, 1.807) is 31.4 Å². The van der Waals surface area contributed by atoms with Gasteiger partial charge in [-0.15, -0.1) is 0 Å². The molecule has 1 aromatic carbocycles. The lowest BCUT2D eigenvalue weighted by atomic mass is 10.1. The first-order valence-electron chi connectivity index (χ1n) is 7.04. The molecule has 0 atom stereocenters. The molecule has 2 aromatic rings. The molecule has 0 bridgehead atoms. The van der Waals surface area contributed by atoms with Crippen molar-refractivity contribution in [3.8, 4) is 17.1 Å². The summed E-state index contributed by atoms with van der Waals surface area (Å²) in [7, 11) is 2.84. The molecule has 0 spiro atoms. The highest BCUT2D eigenvalue weighted by Gasteiger charge is 2.19. The maximum Gasteiger partial charge on any atom is 0.200 e. The quantitative estimate of drug-likeness (QED) is 0.643. The third-order valence-corrected chi connectivity index (χ3v) is 3.47. The SMILES string of the molecule is C=C(OC)/C(O)=C(/O)c1c(C)oc(-c2ccc(OC)cc2)cc1=O. The van der Waals surface area contributed by atoms with Gasteiger partial charge in [-0.2, -0.15) is 0 Å². The summed E-state index contributed by atoms with van der Waals surface area (Å²) in [6.07, 6.45) is 0. The van der Waals surface area contributed by atoms with Crippen LogP contribution in [0.3, 0.4) is 0 Å². The van der Waals surface area contributed by atoms with Gasteiger partial charge in [-0.05, 0) is 31.2 Å². The third kappa shape index (κ3) is 3.27. The molecule has 6 nitrogen and oxygen atoms in total. The second-order valence-electron chi connectivity index (χ2n) is 4.96. The Bertz CT molecular complexity index is 843. The molecule has 24 heavy (non-hydrogen) atoms. The summed E-state index contributed by atoms with van der Waals surface area (Å²) in [5.41, 5.74) is 0.0250. The Morgan fingerprint density at radius 3 is 2.29 bits per heavy atom. The van der Waals surface area contributed by atoms with Gasteiger partial charge in [-0.25, -0.2) is 0 Å². The molecule has 6 heteroatoms. The van der Waals surface area contributed by atoms with Crippen LogP contribution in [0.25, 0.3) is 17.1 Å². The molecule has 0 aliphatic rings. The van der Waals surface area contributed by atoms with Gasteiger partial charge in [0.15, 0.2) is 16.9 Å². The van der Waals surface area contributed by atoms with Gasteiger partial charge in [0.05, 0.1) is 14.2 Å². The largest absolute Gasteiger partial charge is 0.504 e. The van der Waals surface area contributed by atoms with E-state index in [0.29, 0.717) is 17.1 Å². The fourth-order valence-electron chi connectivity index (χ4n) is 2.14. The predicted octanol–water partition coefficient (Wildman–Crippen LogP) is 3.57. The first kappa shape index (κ1) is 17.2. The van der Waals surface area contributed by atoms with Crippen LogP contribution in [0.2, 0.25) is 0 Å². The van der Waals surface area contributed by atoms with E-state index in [1.807, 2.05) is 0 Å². The molecule has 0 unspecified atom stereocenters. The first-order valence-corrected chi connectivity index (χ1v) is 7.04. The van der Waals surface area contributed by atoms with Crippen molar-refractivity contribution < 1.29 is 24.1 Å². The summed E-state index contributed by atoms with van der Waals surface area (Å²) < 4.78 is 15.4. The lowest BCUT2D eigenvalue weighted by Crippen LogP contribution is -2.11. The van der Waals surface area contributed by atoms with Crippen LogP contribution in [0.15, 0.2) is 57.6 Å². The van der Waals surface area contributed by atoms with E-state index in [4.69, 9.17) is 13.9 Å². The molecule has 2 N–H and O–H groups in total. The van der Waals surface area contributed by atoms with Gasteiger partial charge in [0.1, 0.15) is 22.8 Å². The maximum absolute atomic E-state index is 12.4. The molecule has 0 amide bonds. The highest BCUT2D eigenvalue weighted by atomic mass is 16.5. The molecule has 0 aliphatic carbocycles. The van der Waals surface area contributed by atoms with E-state index in [1.165, 1.54) is 20.1 Å². The highest BCUT2D eigenvalue weighted by Crippen LogP contribution is 2.26. The Balaban J connectivity index is 2.52. The number of rotatable bonds is 5. The van der Waals surface area contributed by atoms with Crippen LogP contribution in [-0.2, 0) is 4.74 Å². The number of methoxy groups -OCH3 is 2. The van der Waals surface area contributed by atoms with Crippen LogP contribution in [0.1, 0.15) is 11.3 Å². The van der Waals surface area contributed by atoms with E-state index < -0.39 is 16.9 Å². The topological polar surface area (TPSA) is 89.1 Å². The number of aryl methyl sites for hydroxylation is 1. The van der Waals surface area contributed by atoms with Gasteiger partial charge in [-0.1, -0.05) is 6.58 Å². The van der Waals surface area contributed by atoms with Crippen molar-refractivity contribution >= 4 is 5.76 Å². The van der Waals surface area contributed by atoms with Crippen molar-refractivity contribution in [2.24, 2.45) is 0 Å². The van der Waals surface area contributed by atoms with Crippen LogP contribution in [0.4, 0.5) is 0 Å². The lowest BCUT2D eigenvalue weighted by Gasteiger charge is -2.10. The normalized spacial score (nSPS) is 11.6. The van der Waals surface area contributed by atoms with Crippen molar-refractivity contribution in [2.75, 3.05) is 14.2 Å². The van der Waals surface area contributed by atoms with Crippen molar-refractivity contribution in [1.82, 2.24) is 0 Å². The summed E-state index contributed by atoms with van der Waals surface area (Å²) >= 11 is 0. The second kappa shape index (κ2) is 6.95. The third-order valence-electron chi connectivity index (χ3n) is 3.47. The molecule has 2 rings (SSSR count). The maximum atomic E-state index is 12.4. The average Bonchev–Trinajstić information content (AvgIpc) is 2.59. The van der Waals surface area contributed by atoms with E-state index in [-0.39, 0.29) is 17.1 Å². The minimum absolute atomic E-state index is 0.150. The Labute approximate surface area is 138 Å². The fraction of sp³-hybridized carbons (Fsp3) is 0.167. The fourth-order valence-corrected chi connectivity index (χ4v) is 2.14. The summed E-state index contributed by atoms with van der Waals surface area (Å²) in [6, 6.07) is 8.21. The van der Waals surface area contributed by atoms with Gasteiger partial charge in [-0.3, -0.25) is 4.79 Å². The molecule has 0 radical (unpaired) electrons. The summed E-state index contributed by atoms with van der Waals surface area (Å²) in [6.45, 7) is 4.94. The molecule has 126 valence electrons. The van der Waals surface area contributed by atoms with Gasteiger partial charge in [0, 0.05) is 11.6 Å². The van der Waals surface area contributed by atoms with E-state index in [0.717, 1.165) is 0 Å². The Kier molecular flexibility index (Phi) is 4.99. The van der Waals surface area contributed by atoms with Crippen LogP contribution in [-0.4, -0.2) is 24.4 Å². The Morgan fingerprint density at radius 1 is 1.17 bits per heavy atom. The zero-order chi connectivity index (χ0) is 17.9. The van der Waals surface area contributed by atoms with Gasteiger partial charge in [0.2, 0.25) is 5.76 Å². The second-order valence-corrected chi connectivity index (χ2v) is 4.96. The highest BCUT2D eigenvalue weighted by molar-refractivity contribution is 5.66. The molecular formula is C18H18O6. The summed E-state index contributed by atoms with van der Waals surface area (Å²) in [4.78, 5) is 12.4. The molecule has 0 saturated heterocycles. The molecule has 1 aromatic heterocycles. The monoisotopic (exact) mass is 330 g/mol. The van der Waals surface area contributed by atoms with Crippen LogP contribution in [0, 0.1) is 6.92 Å². The summed E-state index contributed by atoms with van der Waals surface area (Å²) in [5.74, 6) is -0.258. The number of hydrogen-bond acceptors (Lipinski definition) is 6. The van der Waals surface area contributed by atoms with Crippen molar-refractivity contribution in [1.29, 1.82) is 0 Å².